The topological polar surface area (TPSA) is 66.9 Å². The number of ether oxygens (including phenoxy) is 1. The van der Waals surface area contributed by atoms with Crippen LogP contribution in [0.2, 0.25) is 0 Å². The van der Waals surface area contributed by atoms with Crippen molar-refractivity contribution >= 4 is 37.5 Å². The molecule has 1 amide bonds. The number of amides is 1. The van der Waals surface area contributed by atoms with Gasteiger partial charge in [0, 0.05) is 28.7 Å². The van der Waals surface area contributed by atoms with Crippen LogP contribution in [0.3, 0.4) is 0 Å². The number of nitrogens with zero attached hydrogens (tertiary/aromatic N) is 2. The zero-order valence-corrected chi connectivity index (χ0v) is 16.3. The Labute approximate surface area is 160 Å². The summed E-state index contributed by atoms with van der Waals surface area (Å²) in [6.45, 7) is 1.70. The van der Waals surface area contributed by atoms with Crippen LogP contribution >= 0.6 is 15.9 Å². The molecule has 1 saturated heterocycles. The summed E-state index contributed by atoms with van der Waals surface area (Å²) in [6.07, 6.45) is 0. The van der Waals surface area contributed by atoms with E-state index < -0.39 is 10.0 Å². The average molecular weight is 437 g/mol. The second-order valence-corrected chi connectivity index (χ2v) is 8.91. The normalized spacial score (nSPS) is 18.2. The van der Waals surface area contributed by atoms with E-state index in [0.717, 1.165) is 10.0 Å². The van der Waals surface area contributed by atoms with Gasteiger partial charge in [-0.15, -0.1) is 0 Å². The molecule has 0 aromatic heterocycles. The number of sulfonamides is 1. The summed E-state index contributed by atoms with van der Waals surface area (Å²) in [5, 5.41) is 0. The number of hydrogen-bond donors (Lipinski definition) is 0. The van der Waals surface area contributed by atoms with Crippen molar-refractivity contribution < 1.29 is 17.9 Å². The van der Waals surface area contributed by atoms with Crippen LogP contribution in [-0.4, -0.2) is 52.1 Å². The fourth-order valence-electron chi connectivity index (χ4n) is 3.31. The van der Waals surface area contributed by atoms with Crippen molar-refractivity contribution in [3.05, 3.63) is 46.9 Å². The van der Waals surface area contributed by atoms with E-state index in [-0.39, 0.29) is 17.3 Å². The summed E-state index contributed by atoms with van der Waals surface area (Å²) in [5.41, 5.74) is 1.96. The number of fused-ring (bicyclic) bond motifs is 3. The minimum atomic E-state index is -3.80. The molecule has 0 saturated carbocycles. The third-order valence-electron chi connectivity index (χ3n) is 4.62. The van der Waals surface area contributed by atoms with Crippen LogP contribution in [0.1, 0.15) is 0 Å². The Hall–Kier alpha value is -1.90. The third kappa shape index (κ3) is 2.91. The van der Waals surface area contributed by atoms with Crippen molar-refractivity contribution in [3.8, 4) is 11.1 Å². The Morgan fingerprint density at radius 3 is 2.58 bits per heavy atom. The first-order chi connectivity index (χ1) is 12.5. The monoisotopic (exact) mass is 436 g/mol. The largest absolute Gasteiger partial charge is 0.378 e. The third-order valence-corrected chi connectivity index (χ3v) is 6.93. The van der Waals surface area contributed by atoms with Gasteiger partial charge in [-0.25, -0.2) is 8.42 Å². The number of carbonyl (C=O) groups is 1. The molecule has 0 N–H and O–H groups in total. The summed E-state index contributed by atoms with van der Waals surface area (Å²) < 4.78 is 33.7. The minimum absolute atomic E-state index is 0.217. The van der Waals surface area contributed by atoms with Crippen molar-refractivity contribution in [2.75, 3.05) is 37.2 Å². The zero-order chi connectivity index (χ0) is 18.3. The maximum Gasteiger partial charge on any atom is 0.265 e. The molecule has 1 fully saturated rings. The number of morpholine rings is 1. The molecule has 2 aliphatic heterocycles. The van der Waals surface area contributed by atoms with E-state index in [4.69, 9.17) is 4.74 Å². The second-order valence-electron chi connectivity index (χ2n) is 6.16. The molecule has 0 bridgehead atoms. The second kappa shape index (κ2) is 6.68. The average Bonchev–Trinajstić information content (AvgIpc) is 2.66. The number of hydrogen-bond acceptors (Lipinski definition) is 4. The van der Waals surface area contributed by atoms with Crippen LogP contribution in [0.5, 0.6) is 0 Å². The molecule has 2 aliphatic rings. The molecule has 8 heteroatoms. The molecule has 2 aromatic carbocycles. The van der Waals surface area contributed by atoms with Gasteiger partial charge in [-0.3, -0.25) is 9.10 Å². The highest BCUT2D eigenvalue weighted by Crippen LogP contribution is 2.43. The van der Waals surface area contributed by atoms with Crippen molar-refractivity contribution in [2.24, 2.45) is 0 Å². The highest BCUT2D eigenvalue weighted by atomic mass is 79.9. The number of rotatable bonds is 2. The summed E-state index contributed by atoms with van der Waals surface area (Å²) in [5.74, 6) is -0.217. The van der Waals surface area contributed by atoms with Crippen LogP contribution < -0.4 is 4.31 Å². The maximum absolute atomic E-state index is 13.2. The fourth-order valence-corrected chi connectivity index (χ4v) is 5.31. The van der Waals surface area contributed by atoms with Crippen LogP contribution in [0, 0.1) is 0 Å². The molecule has 0 radical (unpaired) electrons. The van der Waals surface area contributed by atoms with Gasteiger partial charge in [-0.2, -0.15) is 0 Å². The van der Waals surface area contributed by atoms with Gasteiger partial charge >= 0.3 is 0 Å². The Morgan fingerprint density at radius 1 is 1.08 bits per heavy atom. The Balaban J connectivity index is 1.78. The van der Waals surface area contributed by atoms with E-state index in [1.807, 2.05) is 12.1 Å². The van der Waals surface area contributed by atoms with Crippen LogP contribution in [0.15, 0.2) is 51.8 Å². The van der Waals surface area contributed by atoms with Gasteiger partial charge in [0.25, 0.3) is 10.0 Å². The molecule has 0 spiro atoms. The predicted octanol–water partition coefficient (Wildman–Crippen LogP) is 2.48. The lowest BCUT2D eigenvalue weighted by atomic mass is 10.0. The van der Waals surface area contributed by atoms with Gasteiger partial charge in [0.05, 0.1) is 23.8 Å². The van der Waals surface area contributed by atoms with Gasteiger partial charge < -0.3 is 9.64 Å². The molecule has 0 unspecified atom stereocenters. The van der Waals surface area contributed by atoms with E-state index in [1.54, 1.807) is 35.2 Å². The molecule has 0 atom stereocenters. The summed E-state index contributed by atoms with van der Waals surface area (Å²) >= 11 is 3.45. The summed E-state index contributed by atoms with van der Waals surface area (Å²) in [6, 6.07) is 12.3. The van der Waals surface area contributed by atoms with Crippen molar-refractivity contribution in [1.29, 1.82) is 0 Å². The SMILES string of the molecule is O=C(CN1c2ccc(Br)cc2-c2ccccc2S1(=O)=O)N1CCOCC1. The van der Waals surface area contributed by atoms with E-state index in [9.17, 15) is 13.2 Å². The number of carbonyl (C=O) groups excluding carboxylic acids is 1. The van der Waals surface area contributed by atoms with Gasteiger partial charge in [0.15, 0.2) is 0 Å². The number of anilines is 1. The van der Waals surface area contributed by atoms with Crippen LogP contribution in [0.4, 0.5) is 5.69 Å². The standard InChI is InChI=1S/C18H17BrN2O4S/c19-13-5-6-16-15(11-13)14-3-1-2-4-17(14)26(23,24)21(16)12-18(22)20-7-9-25-10-8-20/h1-6,11H,7-10,12H2. The first-order valence-electron chi connectivity index (χ1n) is 8.26. The molecule has 0 aliphatic carbocycles. The van der Waals surface area contributed by atoms with E-state index in [0.29, 0.717) is 37.6 Å². The lowest BCUT2D eigenvalue weighted by Gasteiger charge is -2.34. The Bertz CT molecular complexity index is 971. The maximum atomic E-state index is 13.2. The van der Waals surface area contributed by atoms with E-state index in [1.165, 1.54) is 4.31 Å². The van der Waals surface area contributed by atoms with Crippen molar-refractivity contribution in [3.63, 3.8) is 0 Å². The van der Waals surface area contributed by atoms with Crippen LogP contribution in [-0.2, 0) is 19.6 Å². The fraction of sp³-hybridized carbons (Fsp3) is 0.278. The lowest BCUT2D eigenvalue weighted by molar-refractivity contribution is -0.133. The highest BCUT2D eigenvalue weighted by Gasteiger charge is 2.36. The number of benzene rings is 2. The van der Waals surface area contributed by atoms with Crippen molar-refractivity contribution in [1.82, 2.24) is 4.90 Å². The van der Waals surface area contributed by atoms with Crippen molar-refractivity contribution in [2.45, 2.75) is 4.90 Å². The quantitative estimate of drug-likeness (QED) is 0.724. The predicted molar refractivity (Wildman–Crippen MR) is 102 cm³/mol. The van der Waals surface area contributed by atoms with E-state index >= 15 is 0 Å². The summed E-state index contributed by atoms with van der Waals surface area (Å²) in [7, 11) is -3.80. The van der Waals surface area contributed by atoms with Crippen LogP contribution in [0.25, 0.3) is 11.1 Å². The lowest BCUT2D eigenvalue weighted by Crippen LogP contribution is -2.47. The molecular formula is C18H17BrN2O4S. The molecule has 2 aromatic rings. The molecule has 4 rings (SSSR count). The first-order valence-corrected chi connectivity index (χ1v) is 10.5. The molecule has 2 heterocycles. The van der Waals surface area contributed by atoms with E-state index in [2.05, 4.69) is 15.9 Å². The Morgan fingerprint density at radius 2 is 1.81 bits per heavy atom. The first kappa shape index (κ1) is 17.5. The molecule has 26 heavy (non-hydrogen) atoms. The van der Waals surface area contributed by atoms with Gasteiger partial charge in [-0.05, 0) is 24.3 Å². The van der Waals surface area contributed by atoms with Gasteiger partial charge in [-0.1, -0.05) is 34.1 Å². The smallest absolute Gasteiger partial charge is 0.265 e. The molecular weight excluding hydrogens is 420 g/mol. The number of halogens is 1. The molecule has 136 valence electrons. The van der Waals surface area contributed by atoms with Gasteiger partial charge in [0.2, 0.25) is 5.91 Å². The van der Waals surface area contributed by atoms with Gasteiger partial charge in [0.1, 0.15) is 6.54 Å². The molecule has 6 nitrogen and oxygen atoms in total. The highest BCUT2D eigenvalue weighted by molar-refractivity contribution is 9.10. The summed E-state index contributed by atoms with van der Waals surface area (Å²) in [4.78, 5) is 14.6. The zero-order valence-electron chi connectivity index (χ0n) is 13.9. The minimum Gasteiger partial charge on any atom is -0.378 e. The Kier molecular flexibility index (Phi) is 4.50.